The van der Waals surface area contributed by atoms with Crippen molar-refractivity contribution in [1.29, 1.82) is 0 Å². The maximum atomic E-state index is 12.2. The average Bonchev–Trinajstić information content (AvgIpc) is 3.51. The standard InChI is InChI=1S/C30H25GeN2O.C15H28O2.Ir/c1-19-13-15-23-22-11-8-12-24(29(22)34-30(23)32-19)28-18-25(20-9-6-5-7-10-20)26-17-21(31(2,3)4)14-16-27(26)33-28;1-7-14(5,8-2)12(16)11-13(17)15(6,9-3)10-4;/h5-11,13-18H,1-4H3;11,16H,7-10H2,1-6H3;/q-1;;/b;12-11-;. The number of allylic oxidation sites excluding steroid dienone is 2. The quantitative estimate of drug-likeness (QED) is 0.0641. The molecular weight excluding hydrogens is 881 g/mol. The van der Waals surface area contributed by atoms with E-state index in [0.29, 0.717) is 5.71 Å². The Hall–Kier alpha value is -3.58. The van der Waals surface area contributed by atoms with E-state index in [0.717, 1.165) is 64.5 Å². The number of carbonyl (C=O) groups is 1. The van der Waals surface area contributed by atoms with E-state index in [4.69, 9.17) is 9.40 Å². The zero-order valence-electron chi connectivity index (χ0n) is 32.4. The molecule has 0 fully saturated rings. The maximum Gasteiger partial charge on any atom is 0 e. The zero-order valence-corrected chi connectivity index (χ0v) is 36.9. The summed E-state index contributed by atoms with van der Waals surface area (Å²) in [6, 6.07) is 31.1. The van der Waals surface area contributed by atoms with E-state index in [1.807, 2.05) is 66.7 Å². The Balaban J connectivity index is 0.000000289. The normalized spacial score (nSPS) is 12.5. The van der Waals surface area contributed by atoms with Crippen LogP contribution in [0.2, 0.25) is 17.3 Å². The first-order chi connectivity index (χ1) is 24.2. The summed E-state index contributed by atoms with van der Waals surface area (Å²) in [4.78, 5) is 21.9. The number of carbonyl (C=O) groups excluding carboxylic acids is 1. The third kappa shape index (κ3) is 8.46. The summed E-state index contributed by atoms with van der Waals surface area (Å²) in [6.45, 7) is 14.1. The van der Waals surface area contributed by atoms with Crippen molar-refractivity contribution in [3.63, 3.8) is 0 Å². The molecule has 5 nitrogen and oxygen atoms in total. The number of pyridine rings is 2. The van der Waals surface area contributed by atoms with Crippen LogP contribution in [0.3, 0.4) is 0 Å². The van der Waals surface area contributed by atoms with Crippen LogP contribution in [0.4, 0.5) is 0 Å². The molecule has 6 aromatic rings. The summed E-state index contributed by atoms with van der Waals surface area (Å²) >= 11 is -2.00. The molecule has 0 saturated carbocycles. The van der Waals surface area contributed by atoms with Gasteiger partial charge in [-0.3, -0.25) is 4.79 Å². The van der Waals surface area contributed by atoms with Crippen LogP contribution in [0, 0.1) is 23.8 Å². The van der Waals surface area contributed by atoms with Gasteiger partial charge in [0.25, 0.3) is 0 Å². The molecule has 1 radical (unpaired) electrons. The summed E-state index contributed by atoms with van der Waals surface area (Å²) < 4.78 is 7.74. The van der Waals surface area contributed by atoms with E-state index in [1.54, 1.807) is 0 Å². The molecule has 3 heterocycles. The maximum absolute atomic E-state index is 12.2. The van der Waals surface area contributed by atoms with E-state index < -0.39 is 13.3 Å². The van der Waals surface area contributed by atoms with E-state index in [-0.39, 0.29) is 42.5 Å². The fraction of sp³-hybridized carbons (Fsp3) is 0.356. The Morgan fingerprint density at radius 3 is 2.10 bits per heavy atom. The van der Waals surface area contributed by atoms with Gasteiger partial charge in [-0.15, -0.1) is 0 Å². The molecule has 3 aromatic heterocycles. The van der Waals surface area contributed by atoms with Crippen molar-refractivity contribution in [2.45, 2.75) is 91.4 Å². The number of fused-ring (bicyclic) bond motifs is 4. The summed E-state index contributed by atoms with van der Waals surface area (Å²) in [7, 11) is 0. The SMILES string of the molecule is CCC(C)(CC)C(=O)/C=C(\O)C(C)(CC)CC.Cc1ccc2c(n1)oc1c(-c3cc(-c4ccccc4)c4c[c]([Ge]([CH3])([CH3])[CH3])ccc4n3)[c-]ccc12.[Ir]. The Kier molecular flexibility index (Phi) is 13.2. The number of aromatic nitrogens is 2. The third-order valence-corrected chi connectivity index (χ3v) is 15.3. The third-order valence-electron chi connectivity index (χ3n) is 11.1. The van der Waals surface area contributed by atoms with Crippen molar-refractivity contribution < 1.29 is 34.4 Å². The predicted octanol–water partition coefficient (Wildman–Crippen LogP) is 12.2. The first-order valence-electron chi connectivity index (χ1n) is 18.3. The van der Waals surface area contributed by atoms with Gasteiger partial charge in [-0.2, -0.15) is 0 Å². The predicted molar refractivity (Wildman–Crippen MR) is 217 cm³/mol. The summed E-state index contributed by atoms with van der Waals surface area (Å²) in [5.74, 6) is 7.57. The van der Waals surface area contributed by atoms with Gasteiger partial charge >= 0.3 is 195 Å². The van der Waals surface area contributed by atoms with E-state index >= 15 is 0 Å². The van der Waals surface area contributed by atoms with Crippen molar-refractivity contribution in [1.82, 2.24) is 9.97 Å². The average molecular weight is 935 g/mol. The fourth-order valence-electron chi connectivity index (χ4n) is 6.27. The molecule has 7 heteroatoms. The number of benzene rings is 3. The molecule has 0 spiro atoms. The van der Waals surface area contributed by atoms with Crippen molar-refractivity contribution in [3.05, 3.63) is 102 Å². The summed E-state index contributed by atoms with van der Waals surface area (Å²) in [5.41, 5.74) is 6.85. The monoisotopic (exact) mass is 936 g/mol. The molecular formula is C45H53GeIrN2O3-. The number of furan rings is 1. The van der Waals surface area contributed by atoms with Crippen LogP contribution in [0.15, 0.2) is 95.1 Å². The van der Waals surface area contributed by atoms with Crippen molar-refractivity contribution in [2.75, 3.05) is 0 Å². The number of ketones is 1. The minimum absolute atomic E-state index is 0. The van der Waals surface area contributed by atoms with Crippen LogP contribution in [0.1, 0.15) is 72.9 Å². The Morgan fingerprint density at radius 2 is 1.48 bits per heavy atom. The number of aliphatic hydroxyl groups excluding tert-OH is 1. The van der Waals surface area contributed by atoms with Crippen LogP contribution >= 0.6 is 0 Å². The van der Waals surface area contributed by atoms with Gasteiger partial charge in [-0.05, 0) is 32.6 Å². The van der Waals surface area contributed by atoms with Gasteiger partial charge < -0.3 is 5.11 Å². The van der Waals surface area contributed by atoms with Gasteiger partial charge in [0.2, 0.25) is 0 Å². The molecule has 0 aliphatic heterocycles. The molecule has 275 valence electrons. The molecule has 0 atom stereocenters. The minimum Gasteiger partial charge on any atom is 0 e. The topological polar surface area (TPSA) is 76.2 Å². The molecule has 0 bridgehead atoms. The number of nitrogens with zero attached hydrogens (tertiary/aromatic N) is 2. The fourth-order valence-corrected chi connectivity index (χ4v) is 8.70. The van der Waals surface area contributed by atoms with Crippen LogP contribution in [-0.4, -0.2) is 34.1 Å². The second-order valence-corrected chi connectivity index (χ2v) is 26.0. The molecule has 0 saturated heterocycles. The van der Waals surface area contributed by atoms with E-state index in [9.17, 15) is 9.90 Å². The van der Waals surface area contributed by atoms with Crippen LogP contribution in [0.25, 0.3) is 55.4 Å². The Morgan fingerprint density at radius 1 is 0.827 bits per heavy atom. The van der Waals surface area contributed by atoms with Gasteiger partial charge in [0.05, 0.1) is 0 Å². The molecule has 3 aromatic carbocycles. The van der Waals surface area contributed by atoms with Crippen molar-refractivity contribution >= 4 is 56.4 Å². The molecule has 6 rings (SSSR count). The van der Waals surface area contributed by atoms with Gasteiger partial charge in [0, 0.05) is 37.0 Å². The van der Waals surface area contributed by atoms with Gasteiger partial charge in [0.1, 0.15) is 5.76 Å². The second-order valence-electron chi connectivity index (χ2n) is 15.3. The molecule has 0 aliphatic rings. The Labute approximate surface area is 326 Å². The number of rotatable bonds is 10. The van der Waals surface area contributed by atoms with Gasteiger partial charge in [-0.1, -0.05) is 41.5 Å². The second kappa shape index (κ2) is 16.6. The number of hydrogen-bond donors (Lipinski definition) is 1. The minimum atomic E-state index is -2.00. The molecule has 0 unspecified atom stereocenters. The van der Waals surface area contributed by atoms with Crippen LogP contribution in [0.5, 0.6) is 0 Å². The van der Waals surface area contributed by atoms with Crippen LogP contribution in [-0.2, 0) is 24.9 Å². The molecule has 0 amide bonds. The first kappa shape index (κ1) is 41.2. The number of aliphatic hydroxyl groups is 1. The smallest absolute Gasteiger partial charge is 0 e. The van der Waals surface area contributed by atoms with Gasteiger partial charge in [0.15, 0.2) is 5.78 Å². The van der Waals surface area contributed by atoms with Crippen LogP contribution < -0.4 is 4.40 Å². The zero-order chi connectivity index (χ0) is 37.1. The molecule has 1 N–H and O–H groups in total. The first-order valence-corrected chi connectivity index (χ1v) is 25.7. The summed E-state index contributed by atoms with van der Waals surface area (Å²) in [6.07, 6.45) is 4.75. The molecule has 52 heavy (non-hydrogen) atoms. The number of hydrogen-bond acceptors (Lipinski definition) is 5. The van der Waals surface area contributed by atoms with Crippen molar-refractivity contribution in [2.24, 2.45) is 10.8 Å². The Bertz CT molecular complexity index is 2210. The molecule has 0 aliphatic carbocycles. The summed E-state index contributed by atoms with van der Waals surface area (Å²) in [5, 5.41) is 13.4. The van der Waals surface area contributed by atoms with Crippen molar-refractivity contribution in [3.8, 4) is 22.4 Å². The van der Waals surface area contributed by atoms with E-state index in [2.05, 4.69) is 89.0 Å². The van der Waals surface area contributed by atoms with Gasteiger partial charge in [-0.25, -0.2) is 0 Å². The number of aryl methyl sites for hydroxylation is 1. The largest absolute Gasteiger partial charge is 0 e. The van der Waals surface area contributed by atoms with E-state index in [1.165, 1.54) is 27.0 Å².